The fourth-order valence-electron chi connectivity index (χ4n) is 2.75. The van der Waals surface area contributed by atoms with Gasteiger partial charge in [-0.25, -0.2) is 0 Å². The van der Waals surface area contributed by atoms with E-state index >= 15 is 0 Å². The monoisotopic (exact) mass is 257 g/mol. The molecule has 3 nitrogen and oxygen atoms in total. The van der Waals surface area contributed by atoms with Crippen LogP contribution in [0.2, 0.25) is 0 Å². The van der Waals surface area contributed by atoms with Crippen LogP contribution in [-0.4, -0.2) is 37.0 Å². The lowest BCUT2D eigenvalue weighted by Gasteiger charge is -2.33. The molecule has 1 saturated heterocycles. The molecule has 0 aliphatic carbocycles. The maximum Gasteiger partial charge on any atom is 0.0612 e. The van der Waals surface area contributed by atoms with E-state index in [1.807, 2.05) is 0 Å². The molecular weight excluding hydrogens is 226 g/mol. The van der Waals surface area contributed by atoms with Gasteiger partial charge in [-0.3, -0.25) is 0 Å². The van der Waals surface area contributed by atoms with Gasteiger partial charge >= 0.3 is 0 Å². The van der Waals surface area contributed by atoms with Crippen LogP contribution in [0.1, 0.15) is 52.9 Å². The van der Waals surface area contributed by atoms with Gasteiger partial charge in [0.15, 0.2) is 0 Å². The minimum Gasteiger partial charge on any atom is -0.396 e. The first-order valence-electron chi connectivity index (χ1n) is 7.63. The van der Waals surface area contributed by atoms with Crippen molar-refractivity contribution in [1.29, 1.82) is 0 Å². The van der Waals surface area contributed by atoms with Gasteiger partial charge in [0, 0.05) is 19.3 Å². The first kappa shape index (κ1) is 15.9. The Morgan fingerprint density at radius 2 is 2.11 bits per heavy atom. The van der Waals surface area contributed by atoms with Crippen LogP contribution in [-0.2, 0) is 4.74 Å². The number of rotatable bonds is 8. The fourth-order valence-corrected chi connectivity index (χ4v) is 2.75. The molecular formula is C15H31NO2. The second kappa shape index (κ2) is 8.89. The van der Waals surface area contributed by atoms with Gasteiger partial charge in [0.1, 0.15) is 0 Å². The third-order valence-electron chi connectivity index (χ3n) is 3.99. The second-order valence-corrected chi connectivity index (χ2v) is 5.95. The molecule has 1 fully saturated rings. The van der Waals surface area contributed by atoms with E-state index < -0.39 is 0 Å². The van der Waals surface area contributed by atoms with Crippen molar-refractivity contribution < 1.29 is 9.84 Å². The molecule has 18 heavy (non-hydrogen) atoms. The van der Waals surface area contributed by atoms with Crippen molar-refractivity contribution in [2.24, 2.45) is 11.8 Å². The van der Waals surface area contributed by atoms with Crippen molar-refractivity contribution in [3.8, 4) is 0 Å². The molecule has 0 saturated carbocycles. The van der Waals surface area contributed by atoms with E-state index in [2.05, 4.69) is 26.1 Å². The Morgan fingerprint density at radius 3 is 2.72 bits per heavy atom. The molecule has 0 aromatic carbocycles. The maximum absolute atomic E-state index is 9.07. The van der Waals surface area contributed by atoms with Crippen LogP contribution in [0.25, 0.3) is 0 Å². The van der Waals surface area contributed by atoms with E-state index in [9.17, 15) is 0 Å². The summed E-state index contributed by atoms with van der Waals surface area (Å²) < 4.78 is 5.79. The molecule has 3 heteroatoms. The third-order valence-corrected chi connectivity index (χ3v) is 3.99. The zero-order valence-corrected chi connectivity index (χ0v) is 12.3. The second-order valence-electron chi connectivity index (χ2n) is 5.95. The first-order chi connectivity index (χ1) is 8.67. The van der Waals surface area contributed by atoms with Gasteiger partial charge in [0.05, 0.1) is 6.10 Å². The first-order valence-corrected chi connectivity index (χ1v) is 7.63. The lowest BCUT2D eigenvalue weighted by Crippen LogP contribution is -2.42. The molecule has 3 unspecified atom stereocenters. The summed E-state index contributed by atoms with van der Waals surface area (Å²) in [5.41, 5.74) is 0. The van der Waals surface area contributed by atoms with Crippen LogP contribution >= 0.6 is 0 Å². The highest BCUT2D eigenvalue weighted by Gasteiger charge is 2.24. The SMILES string of the molecule is CCCC(CCO)CNC1CCOC(C(C)C)C1. The predicted molar refractivity (Wildman–Crippen MR) is 75.7 cm³/mol. The maximum atomic E-state index is 9.07. The summed E-state index contributed by atoms with van der Waals surface area (Å²) in [7, 11) is 0. The molecule has 0 bridgehead atoms. The zero-order chi connectivity index (χ0) is 13.4. The Balaban J connectivity index is 2.28. The average Bonchev–Trinajstić information content (AvgIpc) is 2.37. The van der Waals surface area contributed by atoms with Gasteiger partial charge in [-0.2, -0.15) is 0 Å². The van der Waals surface area contributed by atoms with E-state index in [-0.39, 0.29) is 0 Å². The number of ether oxygens (including phenoxy) is 1. The van der Waals surface area contributed by atoms with E-state index in [4.69, 9.17) is 9.84 Å². The molecule has 1 aliphatic rings. The highest BCUT2D eigenvalue weighted by molar-refractivity contribution is 4.79. The summed E-state index contributed by atoms with van der Waals surface area (Å²) in [5.74, 6) is 1.24. The normalized spacial score (nSPS) is 26.5. The zero-order valence-electron chi connectivity index (χ0n) is 12.3. The molecule has 2 N–H and O–H groups in total. The lowest BCUT2D eigenvalue weighted by atomic mass is 9.94. The minimum atomic E-state index is 0.314. The highest BCUT2D eigenvalue weighted by atomic mass is 16.5. The highest BCUT2D eigenvalue weighted by Crippen LogP contribution is 2.20. The molecule has 0 spiro atoms. The summed E-state index contributed by atoms with van der Waals surface area (Å²) in [5, 5.41) is 12.8. The van der Waals surface area contributed by atoms with Crippen molar-refractivity contribution in [2.45, 2.75) is 65.0 Å². The predicted octanol–water partition coefficient (Wildman–Crippen LogP) is 2.58. The van der Waals surface area contributed by atoms with Crippen molar-refractivity contribution in [3.63, 3.8) is 0 Å². The fraction of sp³-hybridized carbons (Fsp3) is 1.00. The van der Waals surface area contributed by atoms with Crippen molar-refractivity contribution in [3.05, 3.63) is 0 Å². The number of nitrogens with one attached hydrogen (secondary N) is 1. The molecule has 3 atom stereocenters. The molecule has 108 valence electrons. The number of aliphatic hydroxyl groups excluding tert-OH is 1. The van der Waals surface area contributed by atoms with E-state index in [0.717, 1.165) is 32.4 Å². The van der Waals surface area contributed by atoms with Crippen LogP contribution in [0.4, 0.5) is 0 Å². The largest absolute Gasteiger partial charge is 0.396 e. The summed E-state index contributed by atoms with van der Waals surface area (Å²) >= 11 is 0. The van der Waals surface area contributed by atoms with Gasteiger partial charge < -0.3 is 15.2 Å². The Labute approximate surface area is 112 Å². The summed E-state index contributed by atoms with van der Waals surface area (Å²) in [4.78, 5) is 0. The molecule has 0 amide bonds. The van der Waals surface area contributed by atoms with Gasteiger partial charge in [-0.1, -0.05) is 27.2 Å². The van der Waals surface area contributed by atoms with Gasteiger partial charge in [0.2, 0.25) is 0 Å². The standard InChI is InChI=1S/C15H31NO2/c1-4-5-13(6-8-17)11-16-14-7-9-18-15(10-14)12(2)3/h12-17H,4-11H2,1-3H3. The quantitative estimate of drug-likeness (QED) is 0.702. The summed E-state index contributed by atoms with van der Waals surface area (Å²) in [6.07, 6.45) is 6.02. The Hall–Kier alpha value is -0.120. The Bertz CT molecular complexity index is 203. The Kier molecular flexibility index (Phi) is 7.87. The van der Waals surface area contributed by atoms with Crippen LogP contribution in [0.3, 0.4) is 0 Å². The lowest BCUT2D eigenvalue weighted by molar-refractivity contribution is -0.0249. The van der Waals surface area contributed by atoms with E-state index in [1.165, 1.54) is 12.8 Å². The number of hydrogen-bond donors (Lipinski definition) is 2. The van der Waals surface area contributed by atoms with Gasteiger partial charge in [0.25, 0.3) is 0 Å². The molecule has 1 aliphatic heterocycles. The van der Waals surface area contributed by atoms with Crippen molar-refractivity contribution in [1.82, 2.24) is 5.32 Å². The molecule has 0 radical (unpaired) electrons. The van der Waals surface area contributed by atoms with Crippen molar-refractivity contribution in [2.75, 3.05) is 19.8 Å². The smallest absolute Gasteiger partial charge is 0.0612 e. The van der Waals surface area contributed by atoms with Crippen LogP contribution < -0.4 is 5.32 Å². The number of hydrogen-bond acceptors (Lipinski definition) is 3. The van der Waals surface area contributed by atoms with Crippen LogP contribution in [0.15, 0.2) is 0 Å². The van der Waals surface area contributed by atoms with E-state index in [0.29, 0.717) is 30.6 Å². The van der Waals surface area contributed by atoms with Gasteiger partial charge in [-0.15, -0.1) is 0 Å². The Morgan fingerprint density at radius 1 is 1.33 bits per heavy atom. The molecule has 0 aromatic heterocycles. The number of aliphatic hydroxyl groups is 1. The summed E-state index contributed by atoms with van der Waals surface area (Å²) in [6, 6.07) is 0.601. The topological polar surface area (TPSA) is 41.5 Å². The van der Waals surface area contributed by atoms with Gasteiger partial charge in [-0.05, 0) is 44.1 Å². The van der Waals surface area contributed by atoms with Crippen LogP contribution in [0, 0.1) is 11.8 Å². The van der Waals surface area contributed by atoms with Crippen LogP contribution in [0.5, 0.6) is 0 Å². The minimum absolute atomic E-state index is 0.314. The molecule has 1 heterocycles. The average molecular weight is 257 g/mol. The molecule has 0 aromatic rings. The van der Waals surface area contributed by atoms with Crippen molar-refractivity contribution >= 4 is 0 Å². The summed E-state index contributed by atoms with van der Waals surface area (Å²) in [6.45, 7) is 8.93. The molecule has 1 rings (SSSR count). The third kappa shape index (κ3) is 5.68. The van der Waals surface area contributed by atoms with E-state index in [1.54, 1.807) is 0 Å².